The van der Waals surface area contributed by atoms with Crippen molar-refractivity contribution in [3.05, 3.63) is 35.7 Å². The van der Waals surface area contributed by atoms with Gasteiger partial charge in [-0.05, 0) is 31.5 Å². The molecule has 0 amide bonds. The minimum absolute atomic E-state index is 0. The topological polar surface area (TPSA) is 12.0 Å². The Labute approximate surface area is 81.7 Å². The van der Waals surface area contributed by atoms with Gasteiger partial charge in [0.05, 0.1) is 0 Å². The zero-order valence-electron chi connectivity index (χ0n) is 8.59. The Morgan fingerprint density at radius 1 is 1.46 bits per heavy atom. The molecule has 0 aromatic carbocycles. The molecule has 1 aliphatic heterocycles. The molecule has 2 aliphatic carbocycles. The molecule has 13 heavy (non-hydrogen) atoms. The molecule has 0 saturated heterocycles. The molecule has 3 rings (SSSR count). The highest BCUT2D eigenvalue weighted by atomic mass is 14.9. The van der Waals surface area contributed by atoms with Gasteiger partial charge in [0, 0.05) is 12.5 Å². The van der Waals surface area contributed by atoms with Crippen LogP contribution >= 0.6 is 0 Å². The Morgan fingerprint density at radius 2 is 2.23 bits per heavy atom. The first-order valence-electron chi connectivity index (χ1n) is 5.16. The number of rotatable bonds is 0. The van der Waals surface area contributed by atoms with Gasteiger partial charge in [0.25, 0.3) is 0 Å². The van der Waals surface area contributed by atoms with Crippen molar-refractivity contribution in [2.24, 2.45) is 11.3 Å². The zero-order valence-corrected chi connectivity index (χ0v) is 8.59. The summed E-state index contributed by atoms with van der Waals surface area (Å²) >= 11 is 0. The van der Waals surface area contributed by atoms with E-state index in [0.29, 0.717) is 5.41 Å². The summed E-state index contributed by atoms with van der Waals surface area (Å²) in [6.07, 6.45) is 10.2. The van der Waals surface area contributed by atoms with E-state index in [4.69, 9.17) is 0 Å². The van der Waals surface area contributed by atoms with Crippen molar-refractivity contribution in [3.8, 4) is 0 Å². The van der Waals surface area contributed by atoms with Crippen LogP contribution in [-0.4, -0.2) is 0 Å². The fraction of sp³-hybridized carbons (Fsp3) is 0.500. The summed E-state index contributed by atoms with van der Waals surface area (Å²) in [6.45, 7) is 6.23. The summed E-state index contributed by atoms with van der Waals surface area (Å²) in [7, 11) is 0. The van der Waals surface area contributed by atoms with Crippen molar-refractivity contribution in [2.45, 2.75) is 27.2 Å². The van der Waals surface area contributed by atoms with Crippen LogP contribution in [-0.2, 0) is 0 Å². The average Bonchev–Trinajstić information content (AvgIpc) is 2.75. The van der Waals surface area contributed by atoms with Gasteiger partial charge in [0.1, 0.15) is 0 Å². The quantitative estimate of drug-likeness (QED) is 0.599. The Balaban J connectivity index is 0.000000309. The standard InChI is InChI=1S/C10H11N.C2H6.H2/c1-7-2-3-9-10(4-5-11-9)6-8(7)10;1-2;/h2-5,8,11H,6H2,1H3;1-2H3;1H. The van der Waals surface area contributed by atoms with E-state index in [2.05, 4.69) is 36.7 Å². The number of allylic oxidation sites excluding steroid dienone is 4. The Bertz CT molecular complexity index is 314. The molecule has 0 aromatic heterocycles. The molecular weight excluding hydrogens is 158 g/mol. The highest BCUT2D eigenvalue weighted by molar-refractivity contribution is 5.47. The molecule has 0 bridgehead atoms. The average molecular weight is 177 g/mol. The van der Waals surface area contributed by atoms with Crippen molar-refractivity contribution in [3.63, 3.8) is 0 Å². The first-order valence-corrected chi connectivity index (χ1v) is 5.16. The number of nitrogens with one attached hydrogen (secondary N) is 1. The fourth-order valence-corrected chi connectivity index (χ4v) is 2.37. The van der Waals surface area contributed by atoms with E-state index in [1.165, 1.54) is 12.1 Å². The molecule has 1 heterocycles. The molecular formula is C12H19N. The summed E-state index contributed by atoms with van der Waals surface area (Å²) in [6, 6.07) is 0. The second kappa shape index (κ2) is 2.76. The SMILES string of the molecule is CC.CC1=CC=C2NC=CC23CC13.[HH]. The van der Waals surface area contributed by atoms with E-state index < -0.39 is 0 Å². The molecule has 72 valence electrons. The van der Waals surface area contributed by atoms with Crippen LogP contribution in [0, 0.1) is 11.3 Å². The van der Waals surface area contributed by atoms with Gasteiger partial charge in [0.15, 0.2) is 0 Å². The van der Waals surface area contributed by atoms with Crippen LogP contribution in [0.3, 0.4) is 0 Å². The lowest BCUT2D eigenvalue weighted by molar-refractivity contribution is 0.695. The van der Waals surface area contributed by atoms with Crippen molar-refractivity contribution >= 4 is 0 Å². The van der Waals surface area contributed by atoms with Crippen LogP contribution < -0.4 is 5.32 Å². The van der Waals surface area contributed by atoms with Gasteiger partial charge in [0.2, 0.25) is 0 Å². The maximum Gasteiger partial charge on any atom is 0.0371 e. The van der Waals surface area contributed by atoms with Crippen LogP contribution in [0.4, 0.5) is 0 Å². The summed E-state index contributed by atoms with van der Waals surface area (Å²) in [5.41, 5.74) is 3.38. The highest BCUT2D eigenvalue weighted by Gasteiger charge is 2.58. The van der Waals surface area contributed by atoms with E-state index >= 15 is 0 Å². The minimum atomic E-state index is 0. The molecule has 0 radical (unpaired) electrons. The summed E-state index contributed by atoms with van der Waals surface area (Å²) < 4.78 is 0. The highest BCUT2D eigenvalue weighted by Crippen LogP contribution is 2.64. The van der Waals surface area contributed by atoms with Crippen molar-refractivity contribution < 1.29 is 1.43 Å². The third-order valence-corrected chi connectivity index (χ3v) is 3.19. The minimum Gasteiger partial charge on any atom is -0.365 e. The van der Waals surface area contributed by atoms with Gasteiger partial charge < -0.3 is 5.32 Å². The molecule has 1 fully saturated rings. The van der Waals surface area contributed by atoms with Gasteiger partial charge in [-0.1, -0.05) is 31.6 Å². The molecule has 1 nitrogen and oxygen atoms in total. The summed E-state index contributed by atoms with van der Waals surface area (Å²) in [5.74, 6) is 0.814. The third kappa shape index (κ3) is 0.995. The summed E-state index contributed by atoms with van der Waals surface area (Å²) in [4.78, 5) is 0. The Morgan fingerprint density at radius 3 is 3.00 bits per heavy atom. The predicted octanol–water partition coefficient (Wildman–Crippen LogP) is 3.23. The fourth-order valence-electron chi connectivity index (χ4n) is 2.37. The van der Waals surface area contributed by atoms with Crippen molar-refractivity contribution in [1.82, 2.24) is 5.32 Å². The molecule has 2 atom stereocenters. The van der Waals surface area contributed by atoms with E-state index in [1.54, 1.807) is 5.57 Å². The van der Waals surface area contributed by atoms with Gasteiger partial charge in [-0.3, -0.25) is 0 Å². The van der Waals surface area contributed by atoms with E-state index in [9.17, 15) is 0 Å². The molecule has 2 unspecified atom stereocenters. The van der Waals surface area contributed by atoms with Crippen LogP contribution in [0.5, 0.6) is 0 Å². The van der Waals surface area contributed by atoms with Crippen LogP contribution in [0.15, 0.2) is 35.7 Å². The summed E-state index contributed by atoms with van der Waals surface area (Å²) in [5, 5.41) is 3.30. The molecule has 3 aliphatic rings. The van der Waals surface area contributed by atoms with Gasteiger partial charge >= 0.3 is 0 Å². The van der Waals surface area contributed by atoms with Crippen molar-refractivity contribution in [1.29, 1.82) is 0 Å². The molecule has 1 heteroatoms. The molecule has 1 spiro atoms. The first kappa shape index (κ1) is 8.61. The molecule has 0 aromatic rings. The van der Waals surface area contributed by atoms with Gasteiger partial charge in [-0.25, -0.2) is 0 Å². The maximum absolute atomic E-state index is 3.30. The number of hydrogen-bond donors (Lipinski definition) is 1. The second-order valence-corrected chi connectivity index (χ2v) is 3.77. The maximum atomic E-state index is 3.30. The van der Waals surface area contributed by atoms with E-state index in [1.807, 2.05) is 13.8 Å². The van der Waals surface area contributed by atoms with E-state index in [0.717, 1.165) is 5.92 Å². The first-order chi connectivity index (χ1) is 6.33. The molecule has 1 N–H and O–H groups in total. The van der Waals surface area contributed by atoms with Crippen LogP contribution in [0.2, 0.25) is 0 Å². The third-order valence-electron chi connectivity index (χ3n) is 3.19. The monoisotopic (exact) mass is 177 g/mol. The van der Waals surface area contributed by atoms with Gasteiger partial charge in [-0.2, -0.15) is 0 Å². The normalized spacial score (nSPS) is 37.3. The Kier molecular flexibility index (Phi) is 1.83. The number of hydrogen-bond acceptors (Lipinski definition) is 1. The predicted molar refractivity (Wildman–Crippen MR) is 58.1 cm³/mol. The van der Waals surface area contributed by atoms with E-state index in [-0.39, 0.29) is 1.43 Å². The lowest BCUT2D eigenvalue weighted by Crippen LogP contribution is -2.11. The lowest BCUT2D eigenvalue weighted by atomic mass is 9.93. The molecule has 1 saturated carbocycles. The Hall–Kier alpha value is -0.980. The van der Waals surface area contributed by atoms with Crippen molar-refractivity contribution in [2.75, 3.05) is 0 Å². The van der Waals surface area contributed by atoms with Gasteiger partial charge in [-0.15, -0.1) is 0 Å². The lowest BCUT2D eigenvalue weighted by Gasteiger charge is -2.14. The van der Waals surface area contributed by atoms with Crippen LogP contribution in [0.1, 0.15) is 28.6 Å². The second-order valence-electron chi connectivity index (χ2n) is 3.77. The zero-order chi connectivity index (χ0) is 9.47. The largest absolute Gasteiger partial charge is 0.365 e. The smallest absolute Gasteiger partial charge is 0.0371 e. The van der Waals surface area contributed by atoms with Crippen LogP contribution in [0.25, 0.3) is 0 Å².